The summed E-state index contributed by atoms with van der Waals surface area (Å²) in [6.07, 6.45) is 3.17. The Morgan fingerprint density at radius 2 is 2.08 bits per heavy atom. The van der Waals surface area contributed by atoms with Gasteiger partial charge in [0.25, 0.3) is 0 Å². The minimum absolute atomic E-state index is 0.0153. The van der Waals surface area contributed by atoms with E-state index >= 15 is 0 Å². The molecule has 1 N–H and O–H groups in total. The van der Waals surface area contributed by atoms with E-state index in [9.17, 15) is 4.79 Å². The number of nitrogens with zero attached hydrogens (tertiary/aromatic N) is 2. The summed E-state index contributed by atoms with van der Waals surface area (Å²) in [4.78, 5) is 19.8. The molecule has 0 aliphatic carbocycles. The van der Waals surface area contributed by atoms with Crippen LogP contribution in [0.3, 0.4) is 0 Å². The quantitative estimate of drug-likeness (QED) is 0.783. The van der Waals surface area contributed by atoms with Crippen molar-refractivity contribution in [1.82, 2.24) is 4.98 Å². The number of carbonyl (C=O) groups is 1. The number of anilines is 3. The van der Waals surface area contributed by atoms with Crippen LogP contribution in [0.1, 0.15) is 10.4 Å². The smallest absolute Gasteiger partial charge is 0.229 e. The summed E-state index contributed by atoms with van der Waals surface area (Å²) in [6.45, 7) is 0.941. The van der Waals surface area contributed by atoms with E-state index in [-0.39, 0.29) is 5.91 Å². The van der Waals surface area contributed by atoms with E-state index in [1.54, 1.807) is 17.5 Å². The Hall–Kier alpha value is -2.66. The molecular formula is C19H17N3OS. The standard InChI is InChI=1S/C19H17N3OS/c23-19(12-16-5-3-11-24-16)21-15-7-8-18(20-13-15)22-10-9-14-4-1-2-6-17(14)22/h1-8,11,13H,9-10,12H2,(H,21,23). The third-order valence-corrected chi connectivity index (χ3v) is 4.99. The number of thiophene rings is 1. The fourth-order valence-corrected chi connectivity index (χ4v) is 3.68. The molecule has 24 heavy (non-hydrogen) atoms. The van der Waals surface area contributed by atoms with Crippen LogP contribution < -0.4 is 10.2 Å². The molecule has 0 unspecified atom stereocenters. The van der Waals surface area contributed by atoms with Crippen molar-refractivity contribution in [2.24, 2.45) is 0 Å². The molecule has 0 fully saturated rings. The van der Waals surface area contributed by atoms with E-state index < -0.39 is 0 Å². The number of benzene rings is 1. The minimum Gasteiger partial charge on any atom is -0.326 e. The highest BCUT2D eigenvalue weighted by Gasteiger charge is 2.20. The van der Waals surface area contributed by atoms with E-state index in [0.29, 0.717) is 6.42 Å². The molecule has 0 saturated carbocycles. The van der Waals surface area contributed by atoms with Gasteiger partial charge >= 0.3 is 0 Å². The molecule has 1 aliphatic heterocycles. The number of rotatable bonds is 4. The van der Waals surface area contributed by atoms with Gasteiger partial charge in [-0.3, -0.25) is 4.79 Å². The van der Waals surface area contributed by atoms with E-state index in [0.717, 1.165) is 29.3 Å². The largest absolute Gasteiger partial charge is 0.326 e. The number of carbonyl (C=O) groups excluding carboxylic acids is 1. The van der Waals surface area contributed by atoms with Gasteiger partial charge in [-0.25, -0.2) is 4.98 Å². The first kappa shape index (κ1) is 14.9. The number of amides is 1. The zero-order chi connectivity index (χ0) is 16.4. The lowest BCUT2D eigenvalue weighted by Crippen LogP contribution is -2.16. The molecule has 0 spiro atoms. The first-order valence-electron chi connectivity index (χ1n) is 7.93. The number of aromatic nitrogens is 1. The molecule has 1 aromatic carbocycles. The Morgan fingerprint density at radius 1 is 1.17 bits per heavy atom. The molecule has 1 aliphatic rings. The van der Waals surface area contributed by atoms with Crippen LogP contribution in [0.25, 0.3) is 0 Å². The molecule has 0 bridgehead atoms. The lowest BCUT2D eigenvalue weighted by molar-refractivity contribution is -0.115. The Kier molecular flexibility index (Phi) is 4.01. The Balaban J connectivity index is 1.45. The average molecular weight is 335 g/mol. The van der Waals surface area contributed by atoms with Gasteiger partial charge in [-0.15, -0.1) is 11.3 Å². The second-order valence-electron chi connectivity index (χ2n) is 5.74. The lowest BCUT2D eigenvalue weighted by Gasteiger charge is -2.18. The summed E-state index contributed by atoms with van der Waals surface area (Å²) in [6, 6.07) is 16.2. The number of nitrogens with one attached hydrogen (secondary N) is 1. The maximum Gasteiger partial charge on any atom is 0.229 e. The molecule has 3 heterocycles. The van der Waals surface area contributed by atoms with Crippen LogP contribution in [0, 0.1) is 0 Å². The normalized spacial score (nSPS) is 12.9. The van der Waals surface area contributed by atoms with Gasteiger partial charge in [0, 0.05) is 17.1 Å². The maximum atomic E-state index is 12.0. The molecule has 0 radical (unpaired) electrons. The lowest BCUT2D eigenvalue weighted by atomic mass is 10.2. The number of hydrogen-bond donors (Lipinski definition) is 1. The topological polar surface area (TPSA) is 45.2 Å². The molecule has 120 valence electrons. The minimum atomic E-state index is -0.0153. The summed E-state index contributed by atoms with van der Waals surface area (Å²) in [5, 5.41) is 4.88. The van der Waals surface area contributed by atoms with Gasteiger partial charge < -0.3 is 10.2 Å². The second kappa shape index (κ2) is 6.45. The van der Waals surface area contributed by atoms with Crippen LogP contribution in [0.5, 0.6) is 0 Å². The zero-order valence-electron chi connectivity index (χ0n) is 13.1. The van der Waals surface area contributed by atoms with Gasteiger partial charge in [0.05, 0.1) is 18.3 Å². The highest BCUT2D eigenvalue weighted by Crippen LogP contribution is 2.33. The van der Waals surface area contributed by atoms with E-state index in [1.807, 2.05) is 29.6 Å². The van der Waals surface area contributed by atoms with Crippen molar-refractivity contribution in [2.75, 3.05) is 16.8 Å². The second-order valence-corrected chi connectivity index (χ2v) is 6.77. The van der Waals surface area contributed by atoms with Crippen molar-refractivity contribution >= 4 is 34.4 Å². The first-order valence-corrected chi connectivity index (χ1v) is 8.81. The van der Waals surface area contributed by atoms with E-state index in [1.165, 1.54) is 11.3 Å². The van der Waals surface area contributed by atoms with Crippen LogP contribution in [0.2, 0.25) is 0 Å². The molecule has 4 nitrogen and oxygen atoms in total. The number of pyridine rings is 1. The van der Waals surface area contributed by atoms with Crippen LogP contribution in [-0.2, 0) is 17.6 Å². The molecule has 0 atom stereocenters. The molecule has 0 saturated heterocycles. The Bertz CT molecular complexity index is 843. The Morgan fingerprint density at radius 3 is 2.88 bits per heavy atom. The van der Waals surface area contributed by atoms with Gasteiger partial charge in [0.1, 0.15) is 5.82 Å². The average Bonchev–Trinajstić information content (AvgIpc) is 3.25. The first-order chi connectivity index (χ1) is 11.8. The van der Waals surface area contributed by atoms with Crippen molar-refractivity contribution in [1.29, 1.82) is 0 Å². The summed E-state index contributed by atoms with van der Waals surface area (Å²) in [5.74, 6) is 0.898. The molecule has 5 heteroatoms. The molecular weight excluding hydrogens is 318 g/mol. The monoisotopic (exact) mass is 335 g/mol. The number of hydrogen-bond acceptors (Lipinski definition) is 4. The summed E-state index contributed by atoms with van der Waals surface area (Å²) in [5.41, 5.74) is 3.31. The third kappa shape index (κ3) is 3.03. The predicted octanol–water partition coefficient (Wildman–Crippen LogP) is 4.02. The SMILES string of the molecule is O=C(Cc1cccs1)Nc1ccc(N2CCc3ccccc32)nc1. The summed E-state index contributed by atoms with van der Waals surface area (Å²) >= 11 is 1.59. The van der Waals surface area contributed by atoms with Gasteiger partial charge in [0.2, 0.25) is 5.91 Å². The predicted molar refractivity (Wildman–Crippen MR) is 98.0 cm³/mol. The zero-order valence-corrected chi connectivity index (χ0v) is 13.9. The Labute approximate surface area is 144 Å². The molecule has 4 rings (SSSR count). The molecule has 1 amide bonds. The van der Waals surface area contributed by atoms with Gasteiger partial charge in [-0.1, -0.05) is 24.3 Å². The van der Waals surface area contributed by atoms with E-state index in [2.05, 4.69) is 39.5 Å². The fourth-order valence-electron chi connectivity index (χ4n) is 2.97. The van der Waals surface area contributed by atoms with Crippen molar-refractivity contribution in [3.8, 4) is 0 Å². The summed E-state index contributed by atoms with van der Waals surface area (Å²) in [7, 11) is 0. The van der Waals surface area contributed by atoms with Gasteiger partial charge in [-0.2, -0.15) is 0 Å². The maximum absolute atomic E-state index is 12.0. The van der Waals surface area contributed by atoms with Gasteiger partial charge in [0.15, 0.2) is 0 Å². The van der Waals surface area contributed by atoms with Crippen molar-refractivity contribution < 1.29 is 4.79 Å². The van der Waals surface area contributed by atoms with Crippen LogP contribution in [-0.4, -0.2) is 17.4 Å². The van der Waals surface area contributed by atoms with E-state index in [4.69, 9.17) is 0 Å². The summed E-state index contributed by atoms with van der Waals surface area (Å²) < 4.78 is 0. The fraction of sp³-hybridized carbons (Fsp3) is 0.158. The van der Waals surface area contributed by atoms with Crippen LogP contribution in [0.4, 0.5) is 17.2 Å². The third-order valence-electron chi connectivity index (χ3n) is 4.11. The molecule has 3 aromatic rings. The van der Waals surface area contributed by atoms with Crippen molar-refractivity contribution in [3.63, 3.8) is 0 Å². The van der Waals surface area contributed by atoms with Crippen molar-refractivity contribution in [2.45, 2.75) is 12.8 Å². The van der Waals surface area contributed by atoms with Crippen LogP contribution in [0.15, 0.2) is 60.1 Å². The highest BCUT2D eigenvalue weighted by atomic mass is 32.1. The highest BCUT2D eigenvalue weighted by molar-refractivity contribution is 7.10. The van der Waals surface area contributed by atoms with Crippen molar-refractivity contribution in [3.05, 3.63) is 70.5 Å². The van der Waals surface area contributed by atoms with Gasteiger partial charge in [-0.05, 0) is 41.6 Å². The molecule has 2 aromatic heterocycles. The van der Waals surface area contributed by atoms with Crippen LogP contribution >= 0.6 is 11.3 Å². The number of para-hydroxylation sites is 1. The number of fused-ring (bicyclic) bond motifs is 1.